The maximum Gasteiger partial charge on any atom is 0.335 e. The number of allylic oxidation sites excluding steroid dienone is 1. The number of carbonyl (C=O) groups is 1. The van der Waals surface area contributed by atoms with Crippen molar-refractivity contribution in [2.45, 2.75) is 27.2 Å². The van der Waals surface area contributed by atoms with Crippen LogP contribution < -0.4 is 0 Å². The molecule has 1 aromatic rings. The van der Waals surface area contributed by atoms with E-state index in [-0.39, 0.29) is 5.56 Å². The molecule has 0 heterocycles. The summed E-state index contributed by atoms with van der Waals surface area (Å²) in [4.78, 5) is 15.0. The Hall–Kier alpha value is -1.90. The number of aromatic carboxylic acids is 1. The highest BCUT2D eigenvalue weighted by atomic mass is 16.4. The molecule has 0 aliphatic rings. The largest absolute Gasteiger partial charge is 0.478 e. The van der Waals surface area contributed by atoms with Gasteiger partial charge in [-0.15, -0.1) is 0 Å². The van der Waals surface area contributed by atoms with Gasteiger partial charge in [0.2, 0.25) is 0 Å². The van der Waals surface area contributed by atoms with Gasteiger partial charge in [-0.2, -0.15) is 0 Å². The molecular formula is C14H17NO2. The van der Waals surface area contributed by atoms with E-state index in [1.165, 1.54) is 5.57 Å². The van der Waals surface area contributed by atoms with E-state index in [1.54, 1.807) is 30.6 Å². The van der Waals surface area contributed by atoms with Gasteiger partial charge in [-0.3, -0.25) is 4.99 Å². The van der Waals surface area contributed by atoms with E-state index in [1.807, 2.05) is 13.8 Å². The Bertz CT molecular complexity index is 473. The molecule has 0 bridgehead atoms. The third-order valence-corrected chi connectivity index (χ3v) is 2.59. The van der Waals surface area contributed by atoms with Crippen molar-refractivity contribution in [3.8, 4) is 0 Å². The summed E-state index contributed by atoms with van der Waals surface area (Å²) < 4.78 is 0. The summed E-state index contributed by atoms with van der Waals surface area (Å²) in [5.41, 5.74) is 3.33. The third kappa shape index (κ3) is 3.87. The highest BCUT2D eigenvalue weighted by Crippen LogP contribution is 2.09. The summed E-state index contributed by atoms with van der Waals surface area (Å²) in [6.07, 6.45) is 4.46. The third-order valence-electron chi connectivity index (χ3n) is 2.59. The van der Waals surface area contributed by atoms with Crippen molar-refractivity contribution in [2.24, 2.45) is 4.99 Å². The van der Waals surface area contributed by atoms with Gasteiger partial charge in [0.25, 0.3) is 0 Å². The van der Waals surface area contributed by atoms with E-state index in [4.69, 9.17) is 5.11 Å². The lowest BCUT2D eigenvalue weighted by Crippen LogP contribution is -1.98. The normalized spacial score (nSPS) is 12.1. The second kappa shape index (κ2) is 5.99. The standard InChI is InChI=1S/C14H17NO2/c1-4-10(2)8-15-9-13-7-12(14(16)17)6-5-11(13)3/h5-9H,4H2,1-3H3,(H,16,17). The van der Waals surface area contributed by atoms with Crippen LogP contribution in [-0.2, 0) is 0 Å². The molecule has 0 aliphatic carbocycles. The first kappa shape index (κ1) is 13.2. The predicted octanol–water partition coefficient (Wildman–Crippen LogP) is 3.43. The number of carboxylic acid groups (broad SMARTS) is 1. The summed E-state index contributed by atoms with van der Waals surface area (Å²) in [7, 11) is 0. The van der Waals surface area contributed by atoms with Crippen molar-refractivity contribution >= 4 is 12.2 Å². The lowest BCUT2D eigenvalue weighted by Gasteiger charge is -2.01. The van der Waals surface area contributed by atoms with Crippen LogP contribution in [0.15, 0.2) is 35.0 Å². The van der Waals surface area contributed by atoms with Gasteiger partial charge in [-0.05, 0) is 43.5 Å². The zero-order valence-corrected chi connectivity index (χ0v) is 10.4. The van der Waals surface area contributed by atoms with Crippen LogP contribution >= 0.6 is 0 Å². The van der Waals surface area contributed by atoms with Crippen LogP contribution in [0.5, 0.6) is 0 Å². The minimum absolute atomic E-state index is 0.285. The Labute approximate surface area is 102 Å². The van der Waals surface area contributed by atoms with Crippen LogP contribution in [0.2, 0.25) is 0 Å². The maximum atomic E-state index is 10.8. The lowest BCUT2D eigenvalue weighted by atomic mass is 10.1. The fourth-order valence-corrected chi connectivity index (χ4v) is 1.25. The SMILES string of the molecule is CCC(C)=CN=Cc1cc(C(=O)O)ccc1C. The molecule has 0 atom stereocenters. The molecule has 0 spiro atoms. The first-order valence-corrected chi connectivity index (χ1v) is 5.57. The van der Waals surface area contributed by atoms with E-state index >= 15 is 0 Å². The van der Waals surface area contributed by atoms with Crippen LogP contribution in [0.1, 0.15) is 41.8 Å². The van der Waals surface area contributed by atoms with Crippen LogP contribution in [0.25, 0.3) is 0 Å². The average Bonchev–Trinajstić information content (AvgIpc) is 2.30. The Morgan fingerprint density at radius 3 is 2.76 bits per heavy atom. The Balaban J connectivity index is 2.98. The second-order valence-corrected chi connectivity index (χ2v) is 3.98. The fourth-order valence-electron chi connectivity index (χ4n) is 1.25. The van der Waals surface area contributed by atoms with Gasteiger partial charge in [0, 0.05) is 12.4 Å². The predicted molar refractivity (Wildman–Crippen MR) is 69.8 cm³/mol. The summed E-state index contributed by atoms with van der Waals surface area (Å²) in [6.45, 7) is 6.01. The quantitative estimate of drug-likeness (QED) is 0.807. The van der Waals surface area contributed by atoms with E-state index in [0.717, 1.165) is 17.5 Å². The van der Waals surface area contributed by atoms with Crippen molar-refractivity contribution in [3.05, 3.63) is 46.7 Å². The van der Waals surface area contributed by atoms with Crippen molar-refractivity contribution in [1.29, 1.82) is 0 Å². The van der Waals surface area contributed by atoms with Crippen molar-refractivity contribution < 1.29 is 9.90 Å². The topological polar surface area (TPSA) is 49.7 Å². The number of aliphatic imine (C=N–C) groups is 1. The average molecular weight is 231 g/mol. The molecule has 1 aromatic carbocycles. The van der Waals surface area contributed by atoms with Crippen LogP contribution in [0.3, 0.4) is 0 Å². The highest BCUT2D eigenvalue weighted by molar-refractivity contribution is 5.91. The Morgan fingerprint density at radius 1 is 1.47 bits per heavy atom. The summed E-state index contributed by atoms with van der Waals surface area (Å²) in [6, 6.07) is 5.03. The molecule has 0 aromatic heterocycles. The maximum absolute atomic E-state index is 10.8. The van der Waals surface area contributed by atoms with Gasteiger partial charge in [0.1, 0.15) is 0 Å². The minimum atomic E-state index is -0.917. The summed E-state index contributed by atoms with van der Waals surface area (Å²) in [5, 5.41) is 8.90. The van der Waals surface area contributed by atoms with Crippen LogP contribution in [0, 0.1) is 6.92 Å². The van der Waals surface area contributed by atoms with Crippen molar-refractivity contribution in [2.75, 3.05) is 0 Å². The molecule has 17 heavy (non-hydrogen) atoms. The van der Waals surface area contributed by atoms with E-state index in [2.05, 4.69) is 11.9 Å². The molecule has 0 amide bonds. The molecule has 3 heteroatoms. The molecule has 1 rings (SSSR count). The van der Waals surface area contributed by atoms with E-state index in [9.17, 15) is 4.79 Å². The number of hydrogen-bond acceptors (Lipinski definition) is 2. The number of nitrogens with zero attached hydrogens (tertiary/aromatic N) is 1. The van der Waals surface area contributed by atoms with Gasteiger partial charge in [0.05, 0.1) is 5.56 Å². The van der Waals surface area contributed by atoms with Crippen LogP contribution in [-0.4, -0.2) is 17.3 Å². The number of hydrogen-bond donors (Lipinski definition) is 1. The number of aryl methyl sites for hydroxylation is 1. The monoisotopic (exact) mass is 231 g/mol. The first-order valence-electron chi connectivity index (χ1n) is 5.57. The Kier molecular flexibility index (Phi) is 4.64. The Morgan fingerprint density at radius 2 is 2.18 bits per heavy atom. The smallest absolute Gasteiger partial charge is 0.335 e. The second-order valence-electron chi connectivity index (χ2n) is 3.98. The minimum Gasteiger partial charge on any atom is -0.478 e. The molecule has 0 unspecified atom stereocenters. The molecular weight excluding hydrogens is 214 g/mol. The highest BCUT2D eigenvalue weighted by Gasteiger charge is 2.04. The van der Waals surface area contributed by atoms with Gasteiger partial charge in [-0.25, -0.2) is 4.79 Å². The fraction of sp³-hybridized carbons (Fsp3) is 0.286. The number of benzene rings is 1. The van der Waals surface area contributed by atoms with Crippen LogP contribution in [0.4, 0.5) is 0 Å². The molecule has 0 saturated heterocycles. The van der Waals surface area contributed by atoms with Crippen molar-refractivity contribution in [1.82, 2.24) is 0 Å². The lowest BCUT2D eigenvalue weighted by molar-refractivity contribution is 0.0697. The molecule has 0 radical (unpaired) electrons. The first-order chi connectivity index (χ1) is 8.04. The number of rotatable bonds is 4. The van der Waals surface area contributed by atoms with E-state index in [0.29, 0.717) is 0 Å². The van der Waals surface area contributed by atoms with Gasteiger partial charge in [-0.1, -0.05) is 18.6 Å². The number of carboxylic acids is 1. The molecule has 0 saturated carbocycles. The molecule has 3 nitrogen and oxygen atoms in total. The zero-order valence-electron chi connectivity index (χ0n) is 10.4. The molecule has 1 N–H and O–H groups in total. The molecule has 0 aliphatic heterocycles. The summed E-state index contributed by atoms with van der Waals surface area (Å²) in [5.74, 6) is -0.917. The summed E-state index contributed by atoms with van der Waals surface area (Å²) >= 11 is 0. The van der Waals surface area contributed by atoms with E-state index < -0.39 is 5.97 Å². The van der Waals surface area contributed by atoms with Gasteiger partial charge >= 0.3 is 5.97 Å². The zero-order chi connectivity index (χ0) is 12.8. The van der Waals surface area contributed by atoms with Gasteiger partial charge in [0.15, 0.2) is 0 Å². The molecule has 0 fully saturated rings. The van der Waals surface area contributed by atoms with Crippen molar-refractivity contribution in [3.63, 3.8) is 0 Å². The molecule has 90 valence electrons. The van der Waals surface area contributed by atoms with Gasteiger partial charge < -0.3 is 5.11 Å².